The molecular formula is C17H25N3O2S. The van der Waals surface area contributed by atoms with Gasteiger partial charge in [-0.2, -0.15) is 11.8 Å². The van der Waals surface area contributed by atoms with Gasteiger partial charge in [-0.15, -0.1) is 0 Å². The number of aliphatic hydroxyl groups is 1. The van der Waals surface area contributed by atoms with Crippen molar-refractivity contribution >= 4 is 28.7 Å². The van der Waals surface area contributed by atoms with Crippen molar-refractivity contribution < 1.29 is 9.90 Å². The standard InChI is InChI=1S/C17H25N3O2S/c1-12(8-13(2)21)9-18-17(22)10-20-15-7-5-4-6-14(15)19-16(20)11-23-3/h4-7,12-13,21H,8-11H2,1-3H3,(H,18,22). The van der Waals surface area contributed by atoms with Crippen molar-refractivity contribution in [3.63, 3.8) is 0 Å². The van der Waals surface area contributed by atoms with E-state index in [-0.39, 0.29) is 24.5 Å². The van der Waals surface area contributed by atoms with Crippen LogP contribution in [0.2, 0.25) is 0 Å². The molecule has 1 amide bonds. The number of imidazole rings is 1. The molecule has 0 aliphatic carbocycles. The summed E-state index contributed by atoms with van der Waals surface area (Å²) in [5, 5.41) is 12.3. The van der Waals surface area contributed by atoms with E-state index in [1.54, 1.807) is 18.7 Å². The van der Waals surface area contributed by atoms with Gasteiger partial charge in [0.1, 0.15) is 12.4 Å². The predicted molar refractivity (Wildman–Crippen MR) is 95.4 cm³/mol. The van der Waals surface area contributed by atoms with Crippen molar-refractivity contribution in [1.82, 2.24) is 14.9 Å². The van der Waals surface area contributed by atoms with Crippen LogP contribution in [0.5, 0.6) is 0 Å². The third kappa shape index (κ3) is 4.97. The second-order valence-electron chi connectivity index (χ2n) is 6.03. The Morgan fingerprint density at radius 3 is 2.83 bits per heavy atom. The molecule has 0 saturated carbocycles. The fourth-order valence-corrected chi connectivity index (χ4v) is 3.17. The van der Waals surface area contributed by atoms with Gasteiger partial charge in [-0.05, 0) is 37.7 Å². The molecule has 0 aliphatic heterocycles. The van der Waals surface area contributed by atoms with E-state index in [4.69, 9.17) is 0 Å². The summed E-state index contributed by atoms with van der Waals surface area (Å²) < 4.78 is 1.99. The second kappa shape index (κ2) is 8.36. The first-order chi connectivity index (χ1) is 11.0. The normalized spacial score (nSPS) is 13.9. The van der Waals surface area contributed by atoms with Crippen molar-refractivity contribution in [1.29, 1.82) is 0 Å². The van der Waals surface area contributed by atoms with Crippen molar-refractivity contribution in [2.24, 2.45) is 5.92 Å². The number of fused-ring (bicyclic) bond motifs is 1. The summed E-state index contributed by atoms with van der Waals surface area (Å²) in [5.41, 5.74) is 1.91. The third-order valence-corrected chi connectivity index (χ3v) is 4.25. The molecular weight excluding hydrogens is 310 g/mol. The third-order valence-electron chi connectivity index (χ3n) is 3.70. The Morgan fingerprint density at radius 1 is 1.39 bits per heavy atom. The molecule has 0 aliphatic rings. The largest absolute Gasteiger partial charge is 0.393 e. The monoisotopic (exact) mass is 335 g/mol. The molecule has 23 heavy (non-hydrogen) atoms. The first-order valence-electron chi connectivity index (χ1n) is 7.89. The Bertz CT molecular complexity index is 654. The molecule has 6 heteroatoms. The molecule has 2 atom stereocenters. The zero-order valence-electron chi connectivity index (χ0n) is 14.0. The number of carbonyl (C=O) groups excluding carboxylic acids is 1. The molecule has 2 aromatic rings. The minimum Gasteiger partial charge on any atom is -0.393 e. The smallest absolute Gasteiger partial charge is 0.240 e. The van der Waals surface area contributed by atoms with Crippen LogP contribution in [0.1, 0.15) is 26.1 Å². The highest BCUT2D eigenvalue weighted by molar-refractivity contribution is 7.97. The molecule has 126 valence electrons. The van der Waals surface area contributed by atoms with Crippen molar-refractivity contribution in [3.05, 3.63) is 30.1 Å². The van der Waals surface area contributed by atoms with Crippen LogP contribution in [0.25, 0.3) is 11.0 Å². The highest BCUT2D eigenvalue weighted by Gasteiger charge is 2.14. The van der Waals surface area contributed by atoms with E-state index in [2.05, 4.69) is 10.3 Å². The van der Waals surface area contributed by atoms with Gasteiger partial charge in [0, 0.05) is 6.54 Å². The SMILES string of the molecule is CSCc1nc2ccccc2n1CC(=O)NCC(C)CC(C)O. The van der Waals surface area contributed by atoms with Gasteiger partial charge in [0.05, 0.1) is 22.9 Å². The molecule has 0 spiro atoms. The number of benzene rings is 1. The van der Waals surface area contributed by atoms with E-state index in [9.17, 15) is 9.90 Å². The van der Waals surface area contributed by atoms with Crippen molar-refractivity contribution in [2.45, 2.75) is 38.7 Å². The van der Waals surface area contributed by atoms with E-state index in [0.29, 0.717) is 13.0 Å². The minimum absolute atomic E-state index is 0.0204. The maximum atomic E-state index is 12.3. The molecule has 0 radical (unpaired) electrons. The Labute approximate surface area is 141 Å². The Balaban J connectivity index is 2.05. The number of aromatic nitrogens is 2. The van der Waals surface area contributed by atoms with Gasteiger partial charge in [0.2, 0.25) is 5.91 Å². The van der Waals surface area contributed by atoms with Crippen LogP contribution in [-0.2, 0) is 17.1 Å². The maximum Gasteiger partial charge on any atom is 0.240 e. The van der Waals surface area contributed by atoms with Crippen LogP contribution in [0.15, 0.2) is 24.3 Å². The van der Waals surface area contributed by atoms with Gasteiger partial charge in [-0.1, -0.05) is 19.1 Å². The van der Waals surface area contributed by atoms with Crippen LogP contribution in [0, 0.1) is 5.92 Å². The van der Waals surface area contributed by atoms with Gasteiger partial charge in [0.25, 0.3) is 0 Å². The molecule has 2 rings (SSSR count). The number of para-hydroxylation sites is 2. The average Bonchev–Trinajstić information content (AvgIpc) is 2.83. The first-order valence-corrected chi connectivity index (χ1v) is 9.28. The summed E-state index contributed by atoms with van der Waals surface area (Å²) in [7, 11) is 0. The van der Waals surface area contributed by atoms with E-state index in [0.717, 1.165) is 22.6 Å². The lowest BCUT2D eigenvalue weighted by Gasteiger charge is -2.15. The summed E-state index contributed by atoms with van der Waals surface area (Å²) in [6.07, 6.45) is 2.38. The minimum atomic E-state index is -0.340. The molecule has 2 unspecified atom stereocenters. The second-order valence-corrected chi connectivity index (χ2v) is 6.90. The number of rotatable bonds is 8. The molecule has 0 bridgehead atoms. The molecule has 2 N–H and O–H groups in total. The number of thioether (sulfide) groups is 1. The fraction of sp³-hybridized carbons (Fsp3) is 0.529. The molecule has 1 aromatic carbocycles. The fourth-order valence-electron chi connectivity index (χ4n) is 2.69. The molecule has 1 heterocycles. The lowest BCUT2D eigenvalue weighted by atomic mass is 10.1. The van der Waals surface area contributed by atoms with E-state index >= 15 is 0 Å². The van der Waals surface area contributed by atoms with Gasteiger partial charge < -0.3 is 15.0 Å². The highest BCUT2D eigenvalue weighted by atomic mass is 32.2. The maximum absolute atomic E-state index is 12.3. The Kier molecular flexibility index (Phi) is 6.47. The highest BCUT2D eigenvalue weighted by Crippen LogP contribution is 2.18. The zero-order valence-corrected chi connectivity index (χ0v) is 14.8. The molecule has 5 nitrogen and oxygen atoms in total. The number of amides is 1. The number of carbonyl (C=O) groups is 1. The van der Waals surface area contributed by atoms with Gasteiger partial charge in [0.15, 0.2) is 0 Å². The van der Waals surface area contributed by atoms with Crippen LogP contribution in [0.3, 0.4) is 0 Å². The van der Waals surface area contributed by atoms with E-state index < -0.39 is 0 Å². The molecule has 0 saturated heterocycles. The lowest BCUT2D eigenvalue weighted by Crippen LogP contribution is -2.32. The predicted octanol–water partition coefficient (Wildman–Crippen LogP) is 2.42. The molecule has 1 aromatic heterocycles. The number of aliphatic hydroxyl groups excluding tert-OH is 1. The molecule has 0 fully saturated rings. The number of hydrogen-bond acceptors (Lipinski definition) is 4. The average molecular weight is 335 g/mol. The number of nitrogens with one attached hydrogen (secondary N) is 1. The topological polar surface area (TPSA) is 67.2 Å². The van der Waals surface area contributed by atoms with Gasteiger partial charge in [-0.3, -0.25) is 4.79 Å². The van der Waals surface area contributed by atoms with Crippen LogP contribution >= 0.6 is 11.8 Å². The number of nitrogens with zero attached hydrogens (tertiary/aromatic N) is 2. The first kappa shape index (κ1) is 17.8. The summed E-state index contributed by atoms with van der Waals surface area (Å²) in [6, 6.07) is 7.89. The van der Waals surface area contributed by atoms with Gasteiger partial charge >= 0.3 is 0 Å². The van der Waals surface area contributed by atoms with Gasteiger partial charge in [-0.25, -0.2) is 4.98 Å². The quantitative estimate of drug-likeness (QED) is 0.777. The van der Waals surface area contributed by atoms with Crippen molar-refractivity contribution in [2.75, 3.05) is 12.8 Å². The van der Waals surface area contributed by atoms with Crippen LogP contribution < -0.4 is 5.32 Å². The van der Waals surface area contributed by atoms with E-state index in [1.807, 2.05) is 42.0 Å². The van der Waals surface area contributed by atoms with Crippen LogP contribution in [0.4, 0.5) is 0 Å². The summed E-state index contributed by atoms with van der Waals surface area (Å²) >= 11 is 1.69. The van der Waals surface area contributed by atoms with E-state index in [1.165, 1.54) is 0 Å². The summed E-state index contributed by atoms with van der Waals surface area (Å²) in [6.45, 7) is 4.65. The van der Waals surface area contributed by atoms with Crippen LogP contribution in [-0.4, -0.2) is 39.5 Å². The van der Waals surface area contributed by atoms with Crippen molar-refractivity contribution in [3.8, 4) is 0 Å². The Hall–Kier alpha value is -1.53. The zero-order chi connectivity index (χ0) is 16.8. The summed E-state index contributed by atoms with van der Waals surface area (Å²) in [4.78, 5) is 16.9. The summed E-state index contributed by atoms with van der Waals surface area (Å²) in [5.74, 6) is 1.93. The Morgan fingerprint density at radius 2 is 2.13 bits per heavy atom. The number of hydrogen-bond donors (Lipinski definition) is 2. The lowest BCUT2D eigenvalue weighted by molar-refractivity contribution is -0.121.